The molecule has 0 bridgehead atoms. The quantitative estimate of drug-likeness (QED) is 0.882. The van der Waals surface area contributed by atoms with Gasteiger partial charge in [-0.05, 0) is 13.0 Å². The molecule has 0 atom stereocenters. The van der Waals surface area contributed by atoms with E-state index in [4.69, 9.17) is 0 Å². The minimum atomic E-state index is -0.0934. The van der Waals surface area contributed by atoms with Crippen LogP contribution in [0.1, 0.15) is 32.3 Å². The summed E-state index contributed by atoms with van der Waals surface area (Å²) in [6.07, 6.45) is 1.91. The summed E-state index contributed by atoms with van der Waals surface area (Å²) < 4.78 is 1.77. The molecule has 0 aliphatic carbocycles. The van der Waals surface area contributed by atoms with Crippen molar-refractivity contribution in [2.24, 2.45) is 0 Å². The highest BCUT2D eigenvalue weighted by Crippen LogP contribution is 2.21. The van der Waals surface area contributed by atoms with E-state index in [0.29, 0.717) is 0 Å². The van der Waals surface area contributed by atoms with Crippen LogP contribution in [0.25, 0.3) is 5.82 Å². The molecule has 0 aliphatic heterocycles. The number of anilines is 1. The summed E-state index contributed by atoms with van der Waals surface area (Å²) in [5.74, 6) is 2.39. The Labute approximate surface area is 107 Å². The van der Waals surface area contributed by atoms with Crippen LogP contribution in [0.3, 0.4) is 0 Å². The van der Waals surface area contributed by atoms with Crippen molar-refractivity contribution in [3.63, 3.8) is 0 Å². The molecular weight excluding hydrogens is 226 g/mol. The lowest BCUT2D eigenvalue weighted by Gasteiger charge is -2.18. The van der Waals surface area contributed by atoms with Gasteiger partial charge in [0, 0.05) is 24.7 Å². The first-order chi connectivity index (χ1) is 8.40. The van der Waals surface area contributed by atoms with Gasteiger partial charge in [0.2, 0.25) is 0 Å². The van der Waals surface area contributed by atoms with E-state index in [1.54, 1.807) is 4.68 Å². The summed E-state index contributed by atoms with van der Waals surface area (Å²) >= 11 is 0. The van der Waals surface area contributed by atoms with Crippen LogP contribution in [0.15, 0.2) is 18.3 Å². The highest BCUT2D eigenvalue weighted by atomic mass is 15.3. The van der Waals surface area contributed by atoms with Gasteiger partial charge in [-0.15, -0.1) is 0 Å². The van der Waals surface area contributed by atoms with E-state index in [9.17, 15) is 0 Å². The number of rotatable bonds is 2. The minimum absolute atomic E-state index is 0.0934. The van der Waals surface area contributed by atoms with Crippen LogP contribution in [-0.4, -0.2) is 26.8 Å². The van der Waals surface area contributed by atoms with Gasteiger partial charge >= 0.3 is 0 Å². The number of hydrogen-bond donors (Lipinski definition) is 1. The largest absolute Gasteiger partial charge is 0.373 e. The smallest absolute Gasteiger partial charge is 0.159 e. The van der Waals surface area contributed by atoms with E-state index in [0.717, 1.165) is 23.2 Å². The molecule has 0 radical (unpaired) electrons. The number of aromatic nitrogens is 4. The Balaban J connectivity index is 2.54. The maximum atomic E-state index is 4.59. The molecule has 1 N–H and O–H groups in total. The van der Waals surface area contributed by atoms with Crippen LogP contribution in [0, 0.1) is 6.92 Å². The molecule has 0 aliphatic rings. The molecule has 0 saturated heterocycles. The fourth-order valence-electron chi connectivity index (χ4n) is 1.56. The van der Waals surface area contributed by atoms with Crippen molar-refractivity contribution in [2.75, 3.05) is 12.4 Å². The second kappa shape index (κ2) is 4.40. The molecule has 2 aromatic heterocycles. The summed E-state index contributed by atoms with van der Waals surface area (Å²) in [5.41, 5.74) is 0.876. The maximum Gasteiger partial charge on any atom is 0.159 e. The average Bonchev–Trinajstić information content (AvgIpc) is 2.74. The Morgan fingerprint density at radius 3 is 2.44 bits per heavy atom. The number of nitrogens with one attached hydrogen (secondary N) is 1. The Kier molecular flexibility index (Phi) is 3.07. The maximum absolute atomic E-state index is 4.59. The van der Waals surface area contributed by atoms with Crippen molar-refractivity contribution in [2.45, 2.75) is 33.1 Å². The van der Waals surface area contributed by atoms with Gasteiger partial charge in [0.05, 0.1) is 5.69 Å². The SMILES string of the molecule is CNc1cc(-n2ccc(C)n2)nc(C(C)(C)C)n1. The second-order valence-electron chi connectivity index (χ2n) is 5.34. The highest BCUT2D eigenvalue weighted by molar-refractivity contribution is 5.41. The molecule has 0 amide bonds. The Hall–Kier alpha value is -1.91. The molecule has 0 spiro atoms. The summed E-state index contributed by atoms with van der Waals surface area (Å²) in [5, 5.41) is 7.44. The van der Waals surface area contributed by atoms with Gasteiger partial charge in [-0.3, -0.25) is 0 Å². The first-order valence-electron chi connectivity index (χ1n) is 6.00. The molecule has 0 unspecified atom stereocenters. The van der Waals surface area contributed by atoms with Gasteiger partial charge in [-0.2, -0.15) is 5.10 Å². The van der Waals surface area contributed by atoms with Crippen molar-refractivity contribution in [3.8, 4) is 5.82 Å². The van der Waals surface area contributed by atoms with Crippen LogP contribution in [0.4, 0.5) is 5.82 Å². The van der Waals surface area contributed by atoms with E-state index >= 15 is 0 Å². The fraction of sp³-hybridized carbons (Fsp3) is 0.462. The predicted molar refractivity (Wildman–Crippen MR) is 72.1 cm³/mol. The van der Waals surface area contributed by atoms with Crippen molar-refractivity contribution in [1.82, 2.24) is 19.7 Å². The number of aryl methyl sites for hydroxylation is 1. The molecule has 18 heavy (non-hydrogen) atoms. The average molecular weight is 245 g/mol. The second-order valence-corrected chi connectivity index (χ2v) is 5.34. The third-order valence-electron chi connectivity index (χ3n) is 2.60. The van der Waals surface area contributed by atoms with Gasteiger partial charge in [0.15, 0.2) is 5.82 Å². The van der Waals surface area contributed by atoms with Gasteiger partial charge in [0.1, 0.15) is 11.6 Å². The zero-order chi connectivity index (χ0) is 13.3. The molecule has 0 fully saturated rings. The van der Waals surface area contributed by atoms with Crippen molar-refractivity contribution >= 4 is 5.82 Å². The molecule has 2 heterocycles. The lowest BCUT2D eigenvalue weighted by Crippen LogP contribution is -2.18. The normalized spacial score (nSPS) is 11.6. The highest BCUT2D eigenvalue weighted by Gasteiger charge is 2.19. The third kappa shape index (κ3) is 2.50. The van der Waals surface area contributed by atoms with E-state index < -0.39 is 0 Å². The predicted octanol–water partition coefficient (Wildman–Crippen LogP) is 2.31. The summed E-state index contributed by atoms with van der Waals surface area (Å²) in [4.78, 5) is 9.08. The van der Waals surface area contributed by atoms with Crippen molar-refractivity contribution < 1.29 is 0 Å². The zero-order valence-electron chi connectivity index (χ0n) is 11.5. The Morgan fingerprint density at radius 1 is 1.22 bits per heavy atom. The molecule has 2 rings (SSSR count). The lowest BCUT2D eigenvalue weighted by atomic mass is 9.96. The summed E-state index contributed by atoms with van der Waals surface area (Å²) in [6.45, 7) is 8.25. The van der Waals surface area contributed by atoms with Gasteiger partial charge in [-0.25, -0.2) is 14.6 Å². The van der Waals surface area contributed by atoms with Crippen LogP contribution in [-0.2, 0) is 5.41 Å². The van der Waals surface area contributed by atoms with E-state index in [1.807, 2.05) is 32.3 Å². The van der Waals surface area contributed by atoms with E-state index in [2.05, 4.69) is 41.2 Å². The molecule has 2 aromatic rings. The van der Waals surface area contributed by atoms with E-state index in [-0.39, 0.29) is 5.41 Å². The lowest BCUT2D eigenvalue weighted by molar-refractivity contribution is 0.543. The molecular formula is C13H19N5. The van der Waals surface area contributed by atoms with Crippen LogP contribution < -0.4 is 5.32 Å². The van der Waals surface area contributed by atoms with Gasteiger partial charge in [0.25, 0.3) is 0 Å². The molecule has 0 aromatic carbocycles. The van der Waals surface area contributed by atoms with Crippen molar-refractivity contribution in [3.05, 3.63) is 29.8 Å². The monoisotopic (exact) mass is 245 g/mol. The number of nitrogens with zero attached hydrogens (tertiary/aromatic N) is 4. The fourth-order valence-corrected chi connectivity index (χ4v) is 1.56. The van der Waals surface area contributed by atoms with Crippen molar-refractivity contribution in [1.29, 1.82) is 0 Å². The van der Waals surface area contributed by atoms with Crippen LogP contribution in [0.2, 0.25) is 0 Å². The summed E-state index contributed by atoms with van der Waals surface area (Å²) in [6, 6.07) is 3.85. The van der Waals surface area contributed by atoms with Gasteiger partial charge in [-0.1, -0.05) is 20.8 Å². The first-order valence-corrected chi connectivity index (χ1v) is 6.00. The zero-order valence-corrected chi connectivity index (χ0v) is 11.5. The Bertz CT molecular complexity index is 551. The molecule has 0 saturated carbocycles. The van der Waals surface area contributed by atoms with E-state index in [1.165, 1.54) is 0 Å². The van der Waals surface area contributed by atoms with Crippen LogP contribution in [0.5, 0.6) is 0 Å². The topological polar surface area (TPSA) is 55.6 Å². The first kappa shape index (κ1) is 12.5. The van der Waals surface area contributed by atoms with Crippen LogP contribution >= 0.6 is 0 Å². The standard InChI is InChI=1S/C13H19N5/c1-9-6-7-18(17-9)11-8-10(14-5)15-12(16-11)13(2,3)4/h6-8H,1-5H3,(H,14,15,16). The minimum Gasteiger partial charge on any atom is -0.373 e. The molecule has 96 valence electrons. The molecule has 5 heteroatoms. The summed E-state index contributed by atoms with van der Waals surface area (Å²) in [7, 11) is 1.85. The third-order valence-corrected chi connectivity index (χ3v) is 2.60. The van der Waals surface area contributed by atoms with Gasteiger partial charge < -0.3 is 5.32 Å². The molecule has 5 nitrogen and oxygen atoms in total. The number of hydrogen-bond acceptors (Lipinski definition) is 4. The Morgan fingerprint density at radius 2 is 1.94 bits per heavy atom.